The molecular formula is C107H82F6N9O12P3. The SMILES string of the molecule is COc1ccc(P(=O)(c2ccc(OC)cc2)c2c(F)ccc(-c3nc(Oc4ccccc4)nc(Oc4ccccc4)n3)c2F)cc1.COc1ccccc1P(=O)(c1ccccc1C)c1c(F)ccc(-c2nc(Oc3ccccc3)nc(Oc3ccccc3)n2)c1F.Cc1ccc(P(=O)(c2ccc(C)cc2C)c2c(F)ccc(-c3nc(Oc4ccccc4)nc(Oc4ccccc4)n3)c2F)c(C)c1. The lowest BCUT2D eigenvalue weighted by Gasteiger charge is -2.25. The Morgan fingerprint density at radius 3 is 0.759 bits per heavy atom. The molecule has 18 rings (SSSR count). The minimum Gasteiger partial charge on any atom is -0.497 e. The van der Waals surface area contributed by atoms with Crippen LogP contribution in [0.2, 0.25) is 0 Å². The first-order chi connectivity index (χ1) is 66.4. The quantitative estimate of drug-likeness (QED) is 0.0343. The maximum atomic E-state index is 17.0. The summed E-state index contributed by atoms with van der Waals surface area (Å²) in [5.41, 5.74) is 3.12. The predicted molar refractivity (Wildman–Crippen MR) is 516 cm³/mol. The summed E-state index contributed by atoms with van der Waals surface area (Å²) < 4.78 is 196. The third-order valence-corrected chi connectivity index (χ3v) is 31.3. The number of ether oxygens (including phenoxy) is 9. The van der Waals surface area contributed by atoms with Crippen molar-refractivity contribution < 1.29 is 82.7 Å². The summed E-state index contributed by atoms with van der Waals surface area (Å²) in [5.74, 6) is -3.11. The molecule has 0 aliphatic carbocycles. The molecule has 18 aromatic rings. The summed E-state index contributed by atoms with van der Waals surface area (Å²) in [6.45, 7) is 9.15. The lowest BCUT2D eigenvalue weighted by Crippen LogP contribution is -2.32. The van der Waals surface area contributed by atoms with E-state index in [0.717, 1.165) is 29.3 Å². The summed E-state index contributed by atoms with van der Waals surface area (Å²) in [6, 6.07) is 94.6. The van der Waals surface area contributed by atoms with Crippen LogP contribution >= 0.6 is 21.4 Å². The lowest BCUT2D eigenvalue weighted by atomic mass is 10.1. The zero-order chi connectivity index (χ0) is 95.9. The Hall–Kier alpha value is -16.2. The first-order valence-electron chi connectivity index (χ1n) is 42.5. The van der Waals surface area contributed by atoms with Gasteiger partial charge in [0.1, 0.15) is 86.6 Å². The summed E-state index contributed by atoms with van der Waals surface area (Å²) in [5, 5.41) is -0.355. The highest BCUT2D eigenvalue weighted by Crippen LogP contribution is 2.51. The van der Waals surface area contributed by atoms with E-state index in [9.17, 15) is 0 Å². The van der Waals surface area contributed by atoms with Gasteiger partial charge < -0.3 is 56.3 Å². The van der Waals surface area contributed by atoms with E-state index in [1.165, 1.54) is 63.8 Å². The van der Waals surface area contributed by atoms with Gasteiger partial charge in [-0.25, -0.2) is 26.3 Å². The fraction of sp³-hybridized carbons (Fsp3) is 0.0748. The largest absolute Gasteiger partial charge is 0.497 e. The molecule has 1 atom stereocenters. The smallest absolute Gasteiger partial charge is 0.328 e. The molecule has 0 N–H and O–H groups in total. The third-order valence-electron chi connectivity index (χ3n) is 21.5. The predicted octanol–water partition coefficient (Wildman–Crippen LogP) is 22.7. The van der Waals surface area contributed by atoms with Gasteiger partial charge >= 0.3 is 36.1 Å². The van der Waals surface area contributed by atoms with Crippen molar-refractivity contribution in [1.29, 1.82) is 0 Å². The number of hydrogen-bond acceptors (Lipinski definition) is 21. The first-order valence-corrected chi connectivity index (χ1v) is 47.6. The van der Waals surface area contributed by atoms with Crippen LogP contribution in [0.3, 0.4) is 0 Å². The molecule has 0 saturated carbocycles. The molecule has 0 aliphatic rings. The molecule has 0 saturated heterocycles. The Bertz CT molecular complexity index is 7280. The number of benzene rings is 15. The van der Waals surface area contributed by atoms with Crippen LogP contribution in [0.15, 0.2) is 352 Å². The Labute approximate surface area is 784 Å². The molecular weight excluding hydrogens is 1810 g/mol. The number of para-hydroxylation sites is 7. The van der Waals surface area contributed by atoms with Crippen molar-refractivity contribution in [2.75, 3.05) is 21.3 Å². The fourth-order valence-electron chi connectivity index (χ4n) is 15.1. The highest BCUT2D eigenvalue weighted by Gasteiger charge is 2.43. The van der Waals surface area contributed by atoms with Crippen LogP contribution in [-0.4, -0.2) is 66.2 Å². The minimum atomic E-state index is -4.23. The summed E-state index contributed by atoms with van der Waals surface area (Å²) in [7, 11) is -8.16. The van der Waals surface area contributed by atoms with Gasteiger partial charge in [0.15, 0.2) is 38.9 Å². The van der Waals surface area contributed by atoms with Gasteiger partial charge in [-0.2, -0.15) is 29.9 Å². The number of hydrogen-bond donors (Lipinski definition) is 0. The highest BCUT2D eigenvalue weighted by atomic mass is 31.2. The number of aryl methyl sites for hydroxylation is 5. The molecule has 1 unspecified atom stereocenters. The summed E-state index contributed by atoms with van der Waals surface area (Å²) in [4.78, 5) is 38.9. The monoisotopic (exact) mass is 1890 g/mol. The van der Waals surface area contributed by atoms with Crippen molar-refractivity contribution in [2.24, 2.45) is 0 Å². The van der Waals surface area contributed by atoms with Crippen LogP contribution in [0, 0.1) is 69.5 Å². The number of aromatic nitrogens is 9. The van der Waals surface area contributed by atoms with E-state index in [1.54, 1.807) is 263 Å². The van der Waals surface area contributed by atoms with Crippen molar-refractivity contribution in [1.82, 2.24) is 44.9 Å². The van der Waals surface area contributed by atoms with E-state index in [0.29, 0.717) is 73.3 Å². The summed E-state index contributed by atoms with van der Waals surface area (Å²) in [6.07, 6.45) is 0. The first kappa shape index (κ1) is 94.0. The molecule has 137 heavy (non-hydrogen) atoms. The molecule has 0 aliphatic heterocycles. The van der Waals surface area contributed by atoms with Gasteiger partial charge in [0.05, 0.1) is 59.2 Å². The molecule has 3 heterocycles. The molecule has 684 valence electrons. The molecule has 30 heteroatoms. The Kier molecular flexibility index (Phi) is 28.8. The highest BCUT2D eigenvalue weighted by molar-refractivity contribution is 7.86. The van der Waals surface area contributed by atoms with Gasteiger partial charge in [-0.15, -0.1) is 15.0 Å². The van der Waals surface area contributed by atoms with E-state index in [1.807, 2.05) is 62.4 Å². The van der Waals surface area contributed by atoms with Crippen LogP contribution in [0.1, 0.15) is 27.8 Å². The second-order valence-electron chi connectivity index (χ2n) is 30.7. The van der Waals surface area contributed by atoms with E-state index in [4.69, 9.17) is 42.6 Å². The zero-order valence-electron chi connectivity index (χ0n) is 74.5. The van der Waals surface area contributed by atoms with Crippen molar-refractivity contribution in [3.63, 3.8) is 0 Å². The number of halogens is 6. The van der Waals surface area contributed by atoms with Crippen LogP contribution in [0.25, 0.3) is 34.2 Å². The van der Waals surface area contributed by atoms with Crippen LogP contribution in [0.4, 0.5) is 26.3 Å². The number of rotatable bonds is 27. The van der Waals surface area contributed by atoms with Gasteiger partial charge in [-0.3, -0.25) is 0 Å². The second kappa shape index (κ2) is 41.9. The average molecular weight is 1890 g/mol. The van der Waals surface area contributed by atoms with Gasteiger partial charge in [-0.1, -0.05) is 193 Å². The van der Waals surface area contributed by atoms with Crippen molar-refractivity contribution in [3.05, 3.63) is 415 Å². The van der Waals surface area contributed by atoms with Crippen molar-refractivity contribution in [3.8, 4) is 122 Å². The van der Waals surface area contributed by atoms with Crippen molar-refractivity contribution >= 4 is 69.2 Å². The number of nitrogens with zero attached hydrogens (tertiary/aromatic N) is 9. The van der Waals surface area contributed by atoms with Gasteiger partial charge in [0.25, 0.3) is 0 Å². The molecule has 15 aromatic carbocycles. The van der Waals surface area contributed by atoms with Gasteiger partial charge in [0, 0.05) is 26.5 Å². The van der Waals surface area contributed by atoms with E-state index in [-0.39, 0.29) is 97.2 Å². The lowest BCUT2D eigenvalue weighted by molar-refractivity contribution is 0.397. The minimum absolute atomic E-state index is 0.147. The molecule has 0 radical (unpaired) electrons. The maximum absolute atomic E-state index is 17.0. The molecule has 0 bridgehead atoms. The van der Waals surface area contributed by atoms with Crippen LogP contribution in [-0.2, 0) is 13.7 Å². The molecule has 0 amide bonds. The Balaban J connectivity index is 0.000000149. The zero-order valence-corrected chi connectivity index (χ0v) is 77.2. The Morgan fingerprint density at radius 1 is 0.226 bits per heavy atom. The van der Waals surface area contributed by atoms with Crippen LogP contribution < -0.4 is 90.4 Å². The summed E-state index contributed by atoms with van der Waals surface area (Å²) >= 11 is 0. The van der Waals surface area contributed by atoms with E-state index in [2.05, 4.69) is 44.9 Å². The fourth-order valence-corrected chi connectivity index (χ4v) is 24.2. The molecule has 3 aromatic heterocycles. The van der Waals surface area contributed by atoms with Gasteiger partial charge in [-0.05, 0) is 221 Å². The number of methoxy groups -OCH3 is 3. The standard InChI is InChI=1S/C37H30F2N3O3P.C35H26F2N3O5P.C35H26F2N3O4P/c1-23-15-19-31(25(3)21-23)46(43,32-20-16-24(2)22-26(32)4)34-30(38)18-17-29(33(34)39)35-40-36(44-27-11-7-5-8-12-27)42-37(41-35)45-28-13-9-6-10-14-28;1-42-23-13-17-27(18-14-23)46(41,28-19-15-24(43-2)16-20-28)32-30(36)22-21-29(31(32)37)33-38-34(44-25-9-5-3-6-10-25)40-35(39-33)45-26-11-7-4-8-12-26;1-23-13-9-11-19-29(23)45(41,30-20-12-10-18-28(30)42-2)32-27(36)22-21-26(31(32)37)33-38-34(43-24-14-5-3-6-15-24)40-35(39-33)44-25-16-7-4-8-17-25/h5-22H,1-4H3;3-22H,1-2H3;3-22H,1-2H3. The van der Waals surface area contributed by atoms with E-state index < -0.39 is 72.2 Å². The molecule has 21 nitrogen and oxygen atoms in total. The van der Waals surface area contributed by atoms with Gasteiger partial charge in [0.2, 0.25) is 0 Å². The van der Waals surface area contributed by atoms with E-state index >= 15 is 40.0 Å². The molecule has 0 spiro atoms. The third kappa shape index (κ3) is 20.8. The average Bonchev–Trinajstić information content (AvgIpc) is 0.732. The maximum Gasteiger partial charge on any atom is 0.328 e. The van der Waals surface area contributed by atoms with Crippen LogP contribution in [0.5, 0.6) is 87.8 Å². The normalized spacial score (nSPS) is 11.6. The second-order valence-corrected chi connectivity index (χ2v) is 38.7. The topological polar surface area (TPSA) is 250 Å². The Morgan fingerprint density at radius 2 is 0.482 bits per heavy atom. The molecule has 0 fully saturated rings. The van der Waals surface area contributed by atoms with Crippen molar-refractivity contribution in [2.45, 2.75) is 34.6 Å².